The van der Waals surface area contributed by atoms with Crippen molar-refractivity contribution in [2.45, 2.75) is 19.1 Å². The molecular weight excluding hydrogens is 260 g/mol. The Hall–Kier alpha value is -1.14. The summed E-state index contributed by atoms with van der Waals surface area (Å²) in [7, 11) is 1.37. The third-order valence-corrected chi connectivity index (χ3v) is 2.93. The predicted octanol–water partition coefficient (Wildman–Crippen LogP) is 2.96. The van der Waals surface area contributed by atoms with Crippen molar-refractivity contribution in [2.24, 2.45) is 11.7 Å². The van der Waals surface area contributed by atoms with Crippen molar-refractivity contribution in [3.63, 3.8) is 0 Å². The number of hydrogen-bond donors (Lipinski definition) is 1. The third kappa shape index (κ3) is 5.16. The van der Waals surface area contributed by atoms with Gasteiger partial charge in [0.2, 0.25) is 0 Å². The molecule has 2 nitrogen and oxygen atoms in total. The fourth-order valence-electron chi connectivity index (χ4n) is 2.03. The first kappa shape index (κ1) is 15.9. The molecule has 19 heavy (non-hydrogen) atoms. The number of benzene rings is 1. The van der Waals surface area contributed by atoms with Crippen LogP contribution in [0, 0.1) is 11.7 Å². The SMILES string of the molecule is CC(CN(C)CC(F)(F)F)C(N)c1ccccc1F. The lowest BCUT2D eigenvalue weighted by atomic mass is 9.94. The van der Waals surface area contributed by atoms with Gasteiger partial charge in [-0.3, -0.25) is 4.90 Å². The van der Waals surface area contributed by atoms with Crippen molar-refractivity contribution in [1.82, 2.24) is 4.90 Å². The maximum absolute atomic E-state index is 13.5. The molecule has 0 aromatic heterocycles. The zero-order valence-electron chi connectivity index (χ0n) is 10.9. The molecule has 2 unspecified atom stereocenters. The Kier molecular flexibility index (Phi) is 5.31. The third-order valence-electron chi connectivity index (χ3n) is 2.93. The van der Waals surface area contributed by atoms with Crippen LogP contribution >= 0.6 is 0 Å². The Balaban J connectivity index is 2.63. The van der Waals surface area contributed by atoms with Crippen LogP contribution in [0.1, 0.15) is 18.5 Å². The van der Waals surface area contributed by atoms with Gasteiger partial charge in [-0.05, 0) is 19.0 Å². The molecule has 0 fully saturated rings. The maximum Gasteiger partial charge on any atom is 0.401 e. The van der Waals surface area contributed by atoms with Crippen LogP contribution in [0.15, 0.2) is 24.3 Å². The quantitative estimate of drug-likeness (QED) is 0.839. The molecule has 2 atom stereocenters. The highest BCUT2D eigenvalue weighted by molar-refractivity contribution is 5.21. The van der Waals surface area contributed by atoms with Crippen molar-refractivity contribution in [3.05, 3.63) is 35.6 Å². The normalized spacial score (nSPS) is 15.6. The lowest BCUT2D eigenvalue weighted by Crippen LogP contribution is -2.37. The van der Waals surface area contributed by atoms with E-state index in [0.29, 0.717) is 5.56 Å². The first-order valence-corrected chi connectivity index (χ1v) is 5.96. The Morgan fingerprint density at radius 3 is 2.37 bits per heavy atom. The average Bonchev–Trinajstić information content (AvgIpc) is 2.26. The molecule has 0 spiro atoms. The summed E-state index contributed by atoms with van der Waals surface area (Å²) in [4.78, 5) is 1.14. The molecule has 0 heterocycles. The second kappa shape index (κ2) is 6.34. The smallest absolute Gasteiger partial charge is 0.324 e. The Morgan fingerprint density at radius 1 is 1.26 bits per heavy atom. The Labute approximate surface area is 110 Å². The van der Waals surface area contributed by atoms with Gasteiger partial charge in [-0.1, -0.05) is 25.1 Å². The molecule has 0 amide bonds. The highest BCUT2D eigenvalue weighted by atomic mass is 19.4. The van der Waals surface area contributed by atoms with Gasteiger partial charge in [-0.15, -0.1) is 0 Å². The molecule has 0 saturated heterocycles. The molecule has 108 valence electrons. The van der Waals surface area contributed by atoms with Crippen LogP contribution in [0.4, 0.5) is 17.6 Å². The van der Waals surface area contributed by atoms with E-state index in [4.69, 9.17) is 5.73 Å². The van der Waals surface area contributed by atoms with Gasteiger partial charge in [0, 0.05) is 18.2 Å². The first-order valence-electron chi connectivity index (χ1n) is 5.96. The summed E-state index contributed by atoms with van der Waals surface area (Å²) >= 11 is 0. The van der Waals surface area contributed by atoms with Crippen molar-refractivity contribution < 1.29 is 17.6 Å². The van der Waals surface area contributed by atoms with E-state index in [9.17, 15) is 17.6 Å². The number of rotatable bonds is 5. The molecule has 6 heteroatoms. The summed E-state index contributed by atoms with van der Waals surface area (Å²) in [6.07, 6.45) is -4.24. The lowest BCUT2D eigenvalue weighted by Gasteiger charge is -2.26. The minimum absolute atomic E-state index is 0.148. The van der Waals surface area contributed by atoms with Gasteiger partial charge in [-0.2, -0.15) is 13.2 Å². The summed E-state index contributed by atoms with van der Waals surface area (Å²) in [5.41, 5.74) is 6.23. The van der Waals surface area contributed by atoms with E-state index < -0.39 is 24.6 Å². The van der Waals surface area contributed by atoms with Crippen LogP contribution in [-0.2, 0) is 0 Å². The van der Waals surface area contributed by atoms with Crippen LogP contribution in [0.2, 0.25) is 0 Å². The Morgan fingerprint density at radius 2 is 1.84 bits per heavy atom. The van der Waals surface area contributed by atoms with Crippen molar-refractivity contribution in [2.75, 3.05) is 20.1 Å². The fraction of sp³-hybridized carbons (Fsp3) is 0.538. The molecule has 0 saturated carbocycles. The fourth-order valence-corrected chi connectivity index (χ4v) is 2.03. The largest absolute Gasteiger partial charge is 0.401 e. The topological polar surface area (TPSA) is 29.3 Å². The standard InChI is InChI=1S/C13H18F4N2/c1-9(7-19(2)8-13(15,16)17)12(18)10-5-3-4-6-11(10)14/h3-6,9,12H,7-8,18H2,1-2H3. The van der Waals surface area contributed by atoms with E-state index in [1.165, 1.54) is 13.1 Å². The van der Waals surface area contributed by atoms with Crippen molar-refractivity contribution in [1.29, 1.82) is 0 Å². The molecule has 0 aliphatic carbocycles. The second-order valence-electron chi connectivity index (χ2n) is 4.84. The highest BCUT2D eigenvalue weighted by Crippen LogP contribution is 2.23. The number of nitrogens with two attached hydrogens (primary N) is 1. The van der Waals surface area contributed by atoms with E-state index in [1.807, 2.05) is 0 Å². The molecule has 1 aromatic carbocycles. The van der Waals surface area contributed by atoms with Crippen LogP contribution in [0.25, 0.3) is 0 Å². The van der Waals surface area contributed by atoms with Gasteiger partial charge in [0.25, 0.3) is 0 Å². The van der Waals surface area contributed by atoms with E-state index in [1.54, 1.807) is 25.1 Å². The monoisotopic (exact) mass is 278 g/mol. The zero-order valence-corrected chi connectivity index (χ0v) is 10.9. The maximum atomic E-state index is 13.5. The minimum Gasteiger partial charge on any atom is -0.324 e. The van der Waals surface area contributed by atoms with E-state index >= 15 is 0 Å². The van der Waals surface area contributed by atoms with E-state index in [2.05, 4.69) is 0 Å². The molecule has 2 N–H and O–H groups in total. The van der Waals surface area contributed by atoms with Gasteiger partial charge >= 0.3 is 6.18 Å². The summed E-state index contributed by atoms with van der Waals surface area (Å²) in [5.74, 6) is -0.718. The number of hydrogen-bond acceptors (Lipinski definition) is 2. The molecule has 0 aliphatic heterocycles. The van der Waals surface area contributed by atoms with Crippen molar-refractivity contribution in [3.8, 4) is 0 Å². The summed E-state index contributed by atoms with van der Waals surface area (Å²) < 4.78 is 50.2. The molecular formula is C13H18F4N2. The van der Waals surface area contributed by atoms with Crippen LogP contribution in [0.5, 0.6) is 0 Å². The van der Waals surface area contributed by atoms with E-state index in [-0.39, 0.29) is 12.5 Å². The zero-order chi connectivity index (χ0) is 14.6. The van der Waals surface area contributed by atoms with Crippen LogP contribution in [0.3, 0.4) is 0 Å². The number of halogens is 4. The van der Waals surface area contributed by atoms with Gasteiger partial charge in [-0.25, -0.2) is 4.39 Å². The molecule has 0 radical (unpaired) electrons. The number of alkyl halides is 3. The van der Waals surface area contributed by atoms with Gasteiger partial charge in [0.1, 0.15) is 5.82 Å². The van der Waals surface area contributed by atoms with Crippen LogP contribution < -0.4 is 5.73 Å². The minimum atomic E-state index is -4.24. The second-order valence-corrected chi connectivity index (χ2v) is 4.84. The summed E-state index contributed by atoms with van der Waals surface area (Å²) in [6.45, 7) is 0.861. The van der Waals surface area contributed by atoms with Gasteiger partial charge in [0.05, 0.1) is 6.54 Å². The molecule has 0 bridgehead atoms. The highest BCUT2D eigenvalue weighted by Gasteiger charge is 2.30. The lowest BCUT2D eigenvalue weighted by molar-refractivity contribution is -0.144. The van der Waals surface area contributed by atoms with Gasteiger partial charge in [0.15, 0.2) is 0 Å². The molecule has 0 aliphatic rings. The number of nitrogens with zero attached hydrogens (tertiary/aromatic N) is 1. The predicted molar refractivity (Wildman–Crippen MR) is 66.0 cm³/mol. The Bertz CT molecular complexity index is 406. The summed E-state index contributed by atoms with van der Waals surface area (Å²) in [6, 6.07) is 5.43. The van der Waals surface area contributed by atoms with E-state index in [0.717, 1.165) is 4.90 Å². The average molecular weight is 278 g/mol. The van der Waals surface area contributed by atoms with Crippen LogP contribution in [-0.4, -0.2) is 31.2 Å². The summed E-state index contributed by atoms with van der Waals surface area (Å²) in [5, 5.41) is 0. The van der Waals surface area contributed by atoms with Crippen molar-refractivity contribution >= 4 is 0 Å². The molecule has 1 aromatic rings. The van der Waals surface area contributed by atoms with Gasteiger partial charge < -0.3 is 5.73 Å². The molecule has 1 rings (SSSR count). The first-order chi connectivity index (χ1) is 8.70.